The van der Waals surface area contributed by atoms with Crippen molar-refractivity contribution in [2.24, 2.45) is 0 Å². The second-order valence-electron chi connectivity index (χ2n) is 7.03. The van der Waals surface area contributed by atoms with Crippen molar-refractivity contribution in [1.82, 2.24) is 10.2 Å². The first kappa shape index (κ1) is 14.9. The van der Waals surface area contributed by atoms with Gasteiger partial charge < -0.3 is 15.0 Å². The molecule has 1 fully saturated rings. The van der Waals surface area contributed by atoms with E-state index in [1.165, 1.54) is 38.0 Å². The molecule has 0 amide bonds. The standard InChI is InChI=1S/C18H28N2O/c1-4-20-11-9-14(10-12-20)19-16-13-18(2,3)21-17-8-6-5-7-15(16)17/h5-8,14,16,19H,4,9-13H2,1-3H3. The van der Waals surface area contributed by atoms with Gasteiger partial charge in [-0.05, 0) is 52.4 Å². The molecule has 1 unspecified atom stereocenters. The molecule has 1 atom stereocenters. The summed E-state index contributed by atoms with van der Waals surface area (Å²) in [4.78, 5) is 2.54. The van der Waals surface area contributed by atoms with Crippen LogP contribution in [0.25, 0.3) is 0 Å². The van der Waals surface area contributed by atoms with Crippen molar-refractivity contribution in [1.29, 1.82) is 0 Å². The van der Waals surface area contributed by atoms with Gasteiger partial charge >= 0.3 is 0 Å². The molecule has 0 bridgehead atoms. The fraction of sp³-hybridized carbons (Fsp3) is 0.667. The van der Waals surface area contributed by atoms with Crippen LogP contribution in [0.1, 0.15) is 51.6 Å². The summed E-state index contributed by atoms with van der Waals surface area (Å²) in [6.07, 6.45) is 3.56. The molecule has 2 aliphatic rings. The van der Waals surface area contributed by atoms with Crippen LogP contribution in [0.5, 0.6) is 5.75 Å². The van der Waals surface area contributed by atoms with Crippen LogP contribution in [0, 0.1) is 0 Å². The third-order valence-electron chi connectivity index (χ3n) is 4.85. The molecular formula is C18H28N2O. The summed E-state index contributed by atoms with van der Waals surface area (Å²) >= 11 is 0. The molecule has 3 heteroatoms. The number of para-hydroxylation sites is 1. The van der Waals surface area contributed by atoms with Crippen molar-refractivity contribution in [3.63, 3.8) is 0 Å². The van der Waals surface area contributed by atoms with Gasteiger partial charge in [0.05, 0.1) is 0 Å². The van der Waals surface area contributed by atoms with E-state index in [1.54, 1.807) is 0 Å². The average molecular weight is 288 g/mol. The highest BCUT2D eigenvalue weighted by atomic mass is 16.5. The Morgan fingerprint density at radius 3 is 2.67 bits per heavy atom. The minimum atomic E-state index is -0.0872. The summed E-state index contributed by atoms with van der Waals surface area (Å²) in [7, 11) is 0. The molecule has 0 aromatic heterocycles. The number of piperidine rings is 1. The van der Waals surface area contributed by atoms with Gasteiger partial charge in [-0.1, -0.05) is 25.1 Å². The average Bonchev–Trinajstić information content (AvgIpc) is 2.47. The molecule has 0 spiro atoms. The molecule has 1 aromatic rings. The third-order valence-corrected chi connectivity index (χ3v) is 4.85. The zero-order valence-electron chi connectivity index (χ0n) is 13.6. The predicted molar refractivity (Wildman–Crippen MR) is 86.8 cm³/mol. The van der Waals surface area contributed by atoms with E-state index in [0.717, 1.165) is 12.2 Å². The number of nitrogens with one attached hydrogen (secondary N) is 1. The first-order valence-electron chi connectivity index (χ1n) is 8.34. The minimum Gasteiger partial charge on any atom is -0.487 e. The number of ether oxygens (including phenoxy) is 1. The Balaban J connectivity index is 1.70. The summed E-state index contributed by atoms with van der Waals surface area (Å²) in [5, 5.41) is 3.91. The highest BCUT2D eigenvalue weighted by molar-refractivity contribution is 5.38. The van der Waals surface area contributed by atoms with Gasteiger partial charge in [0.1, 0.15) is 11.4 Å². The molecule has 2 aliphatic heterocycles. The smallest absolute Gasteiger partial charge is 0.124 e. The van der Waals surface area contributed by atoms with Crippen LogP contribution in [0.2, 0.25) is 0 Å². The maximum atomic E-state index is 6.12. The van der Waals surface area contributed by atoms with E-state index in [1.807, 2.05) is 0 Å². The summed E-state index contributed by atoms with van der Waals surface area (Å²) in [6, 6.07) is 9.56. The number of likely N-dealkylation sites (tertiary alicyclic amines) is 1. The fourth-order valence-electron chi connectivity index (χ4n) is 3.65. The highest BCUT2D eigenvalue weighted by Gasteiger charge is 2.34. The molecule has 2 heterocycles. The molecule has 116 valence electrons. The Labute approximate surface area is 128 Å². The van der Waals surface area contributed by atoms with Crippen molar-refractivity contribution < 1.29 is 4.74 Å². The van der Waals surface area contributed by atoms with E-state index in [-0.39, 0.29) is 5.60 Å². The quantitative estimate of drug-likeness (QED) is 0.923. The number of hydrogen-bond donors (Lipinski definition) is 1. The molecule has 1 saturated heterocycles. The highest BCUT2D eigenvalue weighted by Crippen LogP contribution is 2.39. The molecule has 0 aliphatic carbocycles. The lowest BCUT2D eigenvalue weighted by Gasteiger charge is -2.41. The van der Waals surface area contributed by atoms with Crippen LogP contribution in [-0.4, -0.2) is 36.2 Å². The normalized spacial score (nSPS) is 26.1. The summed E-state index contributed by atoms with van der Waals surface area (Å²) in [5.41, 5.74) is 1.24. The second kappa shape index (κ2) is 5.98. The van der Waals surface area contributed by atoms with Crippen molar-refractivity contribution in [3.8, 4) is 5.75 Å². The molecule has 1 aromatic carbocycles. The predicted octanol–water partition coefficient (Wildman–Crippen LogP) is 3.36. The maximum absolute atomic E-state index is 6.12. The lowest BCUT2D eigenvalue weighted by molar-refractivity contribution is 0.0607. The molecule has 3 rings (SSSR count). The topological polar surface area (TPSA) is 24.5 Å². The number of fused-ring (bicyclic) bond motifs is 1. The third kappa shape index (κ3) is 3.41. The number of nitrogens with zero attached hydrogens (tertiary/aromatic N) is 1. The van der Waals surface area contributed by atoms with Gasteiger partial charge in [0, 0.05) is 24.1 Å². The van der Waals surface area contributed by atoms with Gasteiger partial charge in [0.2, 0.25) is 0 Å². The Morgan fingerprint density at radius 2 is 1.95 bits per heavy atom. The zero-order chi connectivity index (χ0) is 14.9. The van der Waals surface area contributed by atoms with E-state index in [9.17, 15) is 0 Å². The van der Waals surface area contributed by atoms with Crippen molar-refractivity contribution in [3.05, 3.63) is 29.8 Å². The Morgan fingerprint density at radius 1 is 1.24 bits per heavy atom. The molecule has 1 N–H and O–H groups in total. The van der Waals surface area contributed by atoms with E-state index in [0.29, 0.717) is 12.1 Å². The molecular weight excluding hydrogens is 260 g/mol. The fourth-order valence-corrected chi connectivity index (χ4v) is 3.65. The first-order valence-corrected chi connectivity index (χ1v) is 8.34. The van der Waals surface area contributed by atoms with Crippen molar-refractivity contribution >= 4 is 0 Å². The summed E-state index contributed by atoms with van der Waals surface area (Å²) in [5.74, 6) is 1.05. The van der Waals surface area contributed by atoms with Crippen LogP contribution in [-0.2, 0) is 0 Å². The SMILES string of the molecule is CCN1CCC(NC2CC(C)(C)Oc3ccccc32)CC1. The van der Waals surface area contributed by atoms with Gasteiger partial charge in [-0.25, -0.2) is 0 Å². The maximum Gasteiger partial charge on any atom is 0.124 e. The first-order chi connectivity index (χ1) is 10.1. The van der Waals surface area contributed by atoms with Crippen LogP contribution >= 0.6 is 0 Å². The largest absolute Gasteiger partial charge is 0.487 e. The van der Waals surface area contributed by atoms with Gasteiger partial charge in [0.15, 0.2) is 0 Å². The van der Waals surface area contributed by atoms with E-state index < -0.39 is 0 Å². The van der Waals surface area contributed by atoms with Crippen LogP contribution < -0.4 is 10.1 Å². The van der Waals surface area contributed by atoms with Gasteiger partial charge in [0.25, 0.3) is 0 Å². The number of benzene rings is 1. The summed E-state index contributed by atoms with van der Waals surface area (Å²) < 4.78 is 6.12. The van der Waals surface area contributed by atoms with E-state index in [4.69, 9.17) is 4.74 Å². The van der Waals surface area contributed by atoms with Crippen molar-refractivity contribution in [2.45, 2.75) is 57.7 Å². The lowest BCUT2D eigenvalue weighted by atomic mass is 9.88. The molecule has 0 saturated carbocycles. The Kier molecular flexibility index (Phi) is 4.23. The zero-order valence-corrected chi connectivity index (χ0v) is 13.6. The summed E-state index contributed by atoms with van der Waals surface area (Å²) in [6.45, 7) is 10.3. The Hall–Kier alpha value is -1.06. The monoisotopic (exact) mass is 288 g/mol. The van der Waals surface area contributed by atoms with Gasteiger partial charge in [-0.15, -0.1) is 0 Å². The minimum absolute atomic E-state index is 0.0872. The number of hydrogen-bond acceptors (Lipinski definition) is 3. The van der Waals surface area contributed by atoms with Crippen LogP contribution in [0.15, 0.2) is 24.3 Å². The van der Waals surface area contributed by atoms with E-state index in [2.05, 4.69) is 55.3 Å². The van der Waals surface area contributed by atoms with Crippen LogP contribution in [0.4, 0.5) is 0 Å². The van der Waals surface area contributed by atoms with Gasteiger partial charge in [-0.3, -0.25) is 0 Å². The molecule has 3 nitrogen and oxygen atoms in total. The lowest BCUT2D eigenvalue weighted by Crippen LogP contribution is -2.47. The molecule has 21 heavy (non-hydrogen) atoms. The van der Waals surface area contributed by atoms with Gasteiger partial charge in [-0.2, -0.15) is 0 Å². The van der Waals surface area contributed by atoms with E-state index >= 15 is 0 Å². The second-order valence-corrected chi connectivity index (χ2v) is 7.03. The van der Waals surface area contributed by atoms with Crippen LogP contribution in [0.3, 0.4) is 0 Å². The Bertz CT molecular complexity index is 478. The molecule has 0 radical (unpaired) electrons. The number of rotatable bonds is 3. The van der Waals surface area contributed by atoms with Crippen molar-refractivity contribution in [2.75, 3.05) is 19.6 Å².